The Labute approximate surface area is 72.9 Å². The predicted molar refractivity (Wildman–Crippen MR) is 54.7 cm³/mol. The first-order valence-electron chi connectivity index (χ1n) is 4.02. The highest BCUT2D eigenvalue weighted by Gasteiger charge is 2.03. The Morgan fingerprint density at radius 2 is 1.20 bits per heavy atom. The first-order chi connectivity index (χ1) is 4.70. The van der Waals surface area contributed by atoms with E-state index in [2.05, 4.69) is 27.7 Å². The van der Waals surface area contributed by atoms with Crippen LogP contribution >= 0.6 is 21.6 Å². The Morgan fingerprint density at radius 1 is 0.900 bits per heavy atom. The second-order valence-electron chi connectivity index (χ2n) is 2.63. The fourth-order valence-corrected chi connectivity index (χ4v) is 2.93. The molecule has 0 saturated carbocycles. The molecular formula is C8H18S2. The minimum absolute atomic E-state index is 0.819. The van der Waals surface area contributed by atoms with Gasteiger partial charge in [0, 0.05) is 10.5 Å². The van der Waals surface area contributed by atoms with E-state index >= 15 is 0 Å². The fourth-order valence-electron chi connectivity index (χ4n) is 0.326. The van der Waals surface area contributed by atoms with Crippen LogP contribution in [0.1, 0.15) is 40.5 Å². The summed E-state index contributed by atoms with van der Waals surface area (Å²) in [6.07, 6.45) is 2.57. The summed E-state index contributed by atoms with van der Waals surface area (Å²) >= 11 is 0. The Morgan fingerprint density at radius 3 is 1.40 bits per heavy atom. The van der Waals surface area contributed by atoms with Crippen molar-refractivity contribution in [1.29, 1.82) is 0 Å². The van der Waals surface area contributed by atoms with E-state index in [0.29, 0.717) is 0 Å². The molecule has 0 N–H and O–H groups in total. The van der Waals surface area contributed by atoms with Crippen LogP contribution in [0.15, 0.2) is 0 Å². The van der Waals surface area contributed by atoms with Crippen molar-refractivity contribution in [3.63, 3.8) is 0 Å². The SMILES string of the molecule is CC[C@@H](C)SS[C@@H](C)CC. The second kappa shape index (κ2) is 6.41. The highest BCUT2D eigenvalue weighted by atomic mass is 33.1. The van der Waals surface area contributed by atoms with Crippen molar-refractivity contribution in [3.8, 4) is 0 Å². The molecule has 0 aromatic rings. The molecule has 0 aromatic carbocycles. The minimum atomic E-state index is 0.819. The van der Waals surface area contributed by atoms with Crippen molar-refractivity contribution in [1.82, 2.24) is 0 Å². The van der Waals surface area contributed by atoms with Gasteiger partial charge < -0.3 is 0 Å². The number of hydrogen-bond donors (Lipinski definition) is 0. The Hall–Kier alpha value is 0.700. The third-order valence-corrected chi connectivity index (χ3v) is 5.27. The second-order valence-corrected chi connectivity index (χ2v) is 5.78. The molecule has 0 unspecified atom stereocenters. The zero-order chi connectivity index (χ0) is 7.98. The maximum Gasteiger partial charge on any atom is 0.0120 e. The molecule has 0 fully saturated rings. The van der Waals surface area contributed by atoms with Gasteiger partial charge in [0.2, 0.25) is 0 Å². The lowest BCUT2D eigenvalue weighted by molar-refractivity contribution is 0.904. The molecule has 0 aromatic heterocycles. The maximum atomic E-state index is 2.29. The molecule has 0 bridgehead atoms. The van der Waals surface area contributed by atoms with Gasteiger partial charge in [-0.1, -0.05) is 49.3 Å². The van der Waals surface area contributed by atoms with Crippen LogP contribution in [0, 0.1) is 0 Å². The highest BCUT2D eigenvalue weighted by molar-refractivity contribution is 8.77. The fraction of sp³-hybridized carbons (Fsp3) is 1.00. The molecule has 0 amide bonds. The Bertz CT molecular complexity index is 63.7. The molecule has 2 atom stereocenters. The van der Waals surface area contributed by atoms with Gasteiger partial charge in [0.25, 0.3) is 0 Å². The van der Waals surface area contributed by atoms with Gasteiger partial charge in [-0.15, -0.1) is 0 Å². The van der Waals surface area contributed by atoms with E-state index in [1.807, 2.05) is 21.6 Å². The van der Waals surface area contributed by atoms with Crippen LogP contribution in [-0.2, 0) is 0 Å². The third-order valence-electron chi connectivity index (χ3n) is 1.53. The minimum Gasteiger partial charge on any atom is -0.0908 e. The van der Waals surface area contributed by atoms with E-state index in [1.54, 1.807) is 0 Å². The van der Waals surface area contributed by atoms with Crippen LogP contribution in [0.4, 0.5) is 0 Å². The summed E-state index contributed by atoms with van der Waals surface area (Å²) in [5.74, 6) is 0. The van der Waals surface area contributed by atoms with E-state index in [4.69, 9.17) is 0 Å². The third kappa shape index (κ3) is 5.48. The normalized spacial score (nSPS) is 16.8. The lowest BCUT2D eigenvalue weighted by Gasteiger charge is -2.10. The van der Waals surface area contributed by atoms with Crippen LogP contribution < -0.4 is 0 Å². The monoisotopic (exact) mass is 178 g/mol. The molecule has 0 aliphatic heterocycles. The molecule has 0 heterocycles. The molecule has 0 radical (unpaired) electrons. The lowest BCUT2D eigenvalue weighted by atomic mass is 10.4. The summed E-state index contributed by atoms with van der Waals surface area (Å²) in [6, 6.07) is 0. The molecule has 2 heteroatoms. The average Bonchev–Trinajstić information content (AvgIpc) is 1.99. The van der Waals surface area contributed by atoms with Gasteiger partial charge >= 0.3 is 0 Å². The van der Waals surface area contributed by atoms with Gasteiger partial charge in [0.15, 0.2) is 0 Å². The topological polar surface area (TPSA) is 0 Å². The molecule has 62 valence electrons. The van der Waals surface area contributed by atoms with Gasteiger partial charge in [-0.05, 0) is 12.8 Å². The summed E-state index contributed by atoms with van der Waals surface area (Å²) in [4.78, 5) is 0. The van der Waals surface area contributed by atoms with Crippen LogP contribution in [0.25, 0.3) is 0 Å². The molecule has 0 aliphatic carbocycles. The summed E-state index contributed by atoms with van der Waals surface area (Å²) in [5, 5.41) is 1.64. The molecule has 0 rings (SSSR count). The quantitative estimate of drug-likeness (QED) is 0.584. The van der Waals surface area contributed by atoms with Crippen LogP contribution in [0.2, 0.25) is 0 Å². The van der Waals surface area contributed by atoms with Gasteiger partial charge in [-0.25, -0.2) is 0 Å². The van der Waals surface area contributed by atoms with E-state index in [-0.39, 0.29) is 0 Å². The van der Waals surface area contributed by atoms with E-state index in [9.17, 15) is 0 Å². The average molecular weight is 178 g/mol. The zero-order valence-corrected chi connectivity index (χ0v) is 9.02. The van der Waals surface area contributed by atoms with E-state index in [0.717, 1.165) is 10.5 Å². The van der Waals surface area contributed by atoms with Crippen molar-refractivity contribution < 1.29 is 0 Å². The van der Waals surface area contributed by atoms with Gasteiger partial charge in [-0.2, -0.15) is 0 Å². The van der Waals surface area contributed by atoms with Crippen LogP contribution in [0.3, 0.4) is 0 Å². The highest BCUT2D eigenvalue weighted by Crippen LogP contribution is 2.33. The van der Waals surface area contributed by atoms with E-state index in [1.165, 1.54) is 12.8 Å². The smallest absolute Gasteiger partial charge is 0.0120 e. The first-order valence-corrected chi connectivity index (χ1v) is 6.30. The van der Waals surface area contributed by atoms with E-state index < -0.39 is 0 Å². The summed E-state index contributed by atoms with van der Waals surface area (Å²) in [7, 11) is 4.05. The Balaban J connectivity index is 3.17. The van der Waals surface area contributed by atoms with Gasteiger partial charge in [0.05, 0.1) is 0 Å². The van der Waals surface area contributed by atoms with Crippen LogP contribution in [0.5, 0.6) is 0 Å². The summed E-state index contributed by atoms with van der Waals surface area (Å²) in [6.45, 7) is 9.07. The molecule has 10 heavy (non-hydrogen) atoms. The van der Waals surface area contributed by atoms with Crippen LogP contribution in [-0.4, -0.2) is 10.5 Å². The molecule has 0 spiro atoms. The molecule has 0 saturated heterocycles. The Kier molecular flexibility index (Phi) is 6.86. The van der Waals surface area contributed by atoms with Gasteiger partial charge in [-0.3, -0.25) is 0 Å². The molecule has 0 aliphatic rings. The van der Waals surface area contributed by atoms with Crippen molar-refractivity contribution >= 4 is 21.6 Å². The van der Waals surface area contributed by atoms with Crippen molar-refractivity contribution in [2.75, 3.05) is 0 Å². The van der Waals surface area contributed by atoms with Crippen molar-refractivity contribution in [2.45, 2.75) is 51.0 Å². The zero-order valence-electron chi connectivity index (χ0n) is 7.39. The summed E-state index contributed by atoms with van der Waals surface area (Å²) in [5.41, 5.74) is 0. The largest absolute Gasteiger partial charge is 0.0908 e. The molecular weight excluding hydrogens is 160 g/mol. The van der Waals surface area contributed by atoms with Crippen molar-refractivity contribution in [3.05, 3.63) is 0 Å². The number of hydrogen-bond acceptors (Lipinski definition) is 2. The first kappa shape index (κ1) is 10.7. The number of rotatable bonds is 5. The standard InChI is InChI=1S/C8H18S2/c1-5-7(3)9-10-8(4)6-2/h7-8H,5-6H2,1-4H3/t7-,8+. The maximum absolute atomic E-state index is 2.29. The van der Waals surface area contributed by atoms with Crippen molar-refractivity contribution in [2.24, 2.45) is 0 Å². The van der Waals surface area contributed by atoms with Gasteiger partial charge in [0.1, 0.15) is 0 Å². The lowest BCUT2D eigenvalue weighted by Crippen LogP contribution is -1.94. The summed E-state index contributed by atoms with van der Waals surface area (Å²) < 4.78 is 0. The molecule has 0 nitrogen and oxygen atoms in total. The predicted octanol–water partition coefficient (Wildman–Crippen LogP) is 3.96.